The summed E-state index contributed by atoms with van der Waals surface area (Å²) >= 11 is 15.0. The van der Waals surface area contributed by atoms with Gasteiger partial charge in [0.05, 0.1) is 54.8 Å². The Morgan fingerprint density at radius 1 is 0.732 bits per heavy atom. The first kappa shape index (κ1) is 41.2. The first-order valence-electron chi connectivity index (χ1n) is 16.4. The number of nitrogens with zero attached hydrogens (tertiary/aromatic N) is 3. The van der Waals surface area contributed by atoms with Crippen LogP contribution in [0.1, 0.15) is 49.3 Å². The molecular formula is C39H34Cl2N6O7S2. The van der Waals surface area contributed by atoms with E-state index in [9.17, 15) is 19.2 Å². The highest BCUT2D eigenvalue weighted by Gasteiger charge is 2.19. The Labute approximate surface area is 337 Å². The van der Waals surface area contributed by atoms with Crippen molar-refractivity contribution in [2.75, 3.05) is 0 Å². The van der Waals surface area contributed by atoms with E-state index in [0.717, 1.165) is 32.1 Å². The number of hydrogen-bond donors (Lipinski definition) is 4. The van der Waals surface area contributed by atoms with Crippen LogP contribution in [-0.4, -0.2) is 46.9 Å². The van der Waals surface area contributed by atoms with E-state index in [4.69, 9.17) is 32.7 Å². The number of furan rings is 2. The topological polar surface area (TPSA) is 193 Å². The summed E-state index contributed by atoms with van der Waals surface area (Å²) in [6, 6.07) is 21.4. The Bertz CT molecular complexity index is 2600. The van der Waals surface area contributed by atoms with Crippen LogP contribution in [0.4, 0.5) is 0 Å². The van der Waals surface area contributed by atoms with Crippen LogP contribution in [0, 0.1) is 0 Å². The second-order valence-corrected chi connectivity index (χ2v) is 15.2. The number of halogens is 2. The first-order chi connectivity index (χ1) is 26.6. The predicted molar refractivity (Wildman–Crippen MR) is 217 cm³/mol. The van der Waals surface area contributed by atoms with E-state index in [2.05, 4.69) is 29.7 Å². The van der Waals surface area contributed by atoms with Crippen molar-refractivity contribution in [3.63, 3.8) is 0 Å². The summed E-state index contributed by atoms with van der Waals surface area (Å²) in [7, 11) is 0. The lowest BCUT2D eigenvalue weighted by molar-refractivity contribution is 0.0695. The quantitative estimate of drug-likeness (QED) is 0.104. The largest absolute Gasteiger partial charge is 0.478 e. The molecule has 0 aliphatic rings. The lowest BCUT2D eigenvalue weighted by atomic mass is 10.1. The number of H-pyrrole nitrogens is 3. The molecule has 0 aliphatic heterocycles. The van der Waals surface area contributed by atoms with Crippen LogP contribution in [0.5, 0.6) is 0 Å². The van der Waals surface area contributed by atoms with Crippen LogP contribution in [0.2, 0.25) is 8.67 Å². The highest BCUT2D eigenvalue weighted by atomic mass is 35.5. The summed E-state index contributed by atoms with van der Waals surface area (Å²) < 4.78 is 12.4. The standard InChI is InChI=1S/C19H14ClN3O3S.C14H12ClN3OS.C5H4O3.CH4/c20-17-6-5-14(27-17)4-3-13-10-16(15-2-1-8-21-18(15)24)22-23(13)19(25)12-7-9-26-11-12;15-13-6-5-10(20-13)4-3-9-8-12(18-17-9)11-2-1-7-16-14(11)19;6-5(7)4-1-2-8-3-4;/h1-2,5-11H,3-4H2,(H,21,24);1-2,5-8H,3-4H2,(H,16,19)(H,17,18);1-3H,(H,6,7);1H4. The van der Waals surface area contributed by atoms with Crippen LogP contribution >= 0.6 is 45.9 Å². The van der Waals surface area contributed by atoms with E-state index in [-0.39, 0.29) is 30.0 Å². The highest BCUT2D eigenvalue weighted by Crippen LogP contribution is 2.25. The molecular weight excluding hydrogens is 800 g/mol. The Kier molecular flexibility index (Phi) is 14.4. The number of rotatable bonds is 10. The maximum atomic E-state index is 12.8. The zero-order valence-electron chi connectivity index (χ0n) is 28.5. The van der Waals surface area contributed by atoms with Gasteiger partial charge >= 0.3 is 5.97 Å². The number of nitrogens with one attached hydrogen (secondary N) is 3. The van der Waals surface area contributed by atoms with Crippen molar-refractivity contribution in [2.24, 2.45) is 0 Å². The molecule has 0 amide bonds. The Morgan fingerprint density at radius 2 is 1.30 bits per heavy atom. The van der Waals surface area contributed by atoms with Gasteiger partial charge in [0.15, 0.2) is 0 Å². The highest BCUT2D eigenvalue weighted by molar-refractivity contribution is 7.16. The molecule has 8 heterocycles. The van der Waals surface area contributed by atoms with Gasteiger partial charge in [-0.15, -0.1) is 22.7 Å². The van der Waals surface area contributed by atoms with Gasteiger partial charge < -0.3 is 23.9 Å². The summed E-state index contributed by atoms with van der Waals surface area (Å²) in [5.74, 6) is -1.26. The van der Waals surface area contributed by atoms with Crippen LogP contribution in [0.25, 0.3) is 22.5 Å². The molecule has 0 fully saturated rings. The van der Waals surface area contributed by atoms with Gasteiger partial charge in [-0.1, -0.05) is 30.6 Å². The first-order valence-corrected chi connectivity index (χ1v) is 18.8. The molecule has 17 heteroatoms. The summed E-state index contributed by atoms with van der Waals surface area (Å²) in [5.41, 5.74) is 4.03. The van der Waals surface area contributed by atoms with E-state index in [0.29, 0.717) is 46.6 Å². The van der Waals surface area contributed by atoms with Gasteiger partial charge in [0, 0.05) is 33.5 Å². The summed E-state index contributed by atoms with van der Waals surface area (Å²) in [6.07, 6.45) is 11.5. The van der Waals surface area contributed by atoms with Crippen molar-refractivity contribution >= 4 is 57.8 Å². The molecule has 0 atom stereocenters. The number of carboxylic acids is 1. The number of carbonyl (C=O) groups is 2. The molecule has 0 aliphatic carbocycles. The Balaban J connectivity index is 0.000000181. The van der Waals surface area contributed by atoms with Gasteiger partial charge in [-0.05, 0) is 98.5 Å². The van der Waals surface area contributed by atoms with E-state index in [1.165, 1.54) is 52.0 Å². The van der Waals surface area contributed by atoms with Gasteiger partial charge in [-0.3, -0.25) is 19.5 Å². The van der Waals surface area contributed by atoms with E-state index >= 15 is 0 Å². The van der Waals surface area contributed by atoms with Crippen molar-refractivity contribution < 1.29 is 23.5 Å². The van der Waals surface area contributed by atoms with Crippen molar-refractivity contribution in [2.45, 2.75) is 33.1 Å². The third-order valence-corrected chi connectivity index (χ3v) is 10.4. The number of carboxylic acid groups (broad SMARTS) is 1. The van der Waals surface area contributed by atoms with Crippen LogP contribution in [0.15, 0.2) is 129 Å². The normalized spacial score (nSPS) is 10.5. The fourth-order valence-electron chi connectivity index (χ4n) is 5.16. The minimum Gasteiger partial charge on any atom is -0.478 e. The SMILES string of the molecule is C.O=C(O)c1ccoc1.O=C(c1ccoc1)n1nc(-c2ccc[nH]c2=O)cc1CCc1ccc(Cl)s1.O=c1[nH]cccc1-c1cc(CCc2ccc(Cl)s2)[nH]n1. The third kappa shape index (κ3) is 10.8. The van der Waals surface area contributed by atoms with Gasteiger partial charge in [-0.25, -0.2) is 9.48 Å². The van der Waals surface area contributed by atoms with Gasteiger partial charge in [0.2, 0.25) is 0 Å². The van der Waals surface area contributed by atoms with E-state index < -0.39 is 5.97 Å². The van der Waals surface area contributed by atoms with Gasteiger partial charge in [0.25, 0.3) is 17.0 Å². The molecule has 0 aromatic carbocycles. The Morgan fingerprint density at radius 3 is 1.80 bits per heavy atom. The smallest absolute Gasteiger partial charge is 0.338 e. The molecule has 8 aromatic rings. The minimum atomic E-state index is -0.959. The molecule has 0 bridgehead atoms. The lowest BCUT2D eigenvalue weighted by Gasteiger charge is -2.04. The zero-order chi connectivity index (χ0) is 38.7. The summed E-state index contributed by atoms with van der Waals surface area (Å²) in [6.45, 7) is 0. The maximum absolute atomic E-state index is 12.8. The van der Waals surface area contributed by atoms with Crippen molar-refractivity contribution in [3.05, 3.63) is 172 Å². The van der Waals surface area contributed by atoms with Crippen LogP contribution in [-0.2, 0) is 25.7 Å². The van der Waals surface area contributed by atoms with Gasteiger partial charge in [0.1, 0.15) is 12.5 Å². The van der Waals surface area contributed by atoms with Crippen molar-refractivity contribution in [1.29, 1.82) is 0 Å². The molecule has 13 nitrogen and oxygen atoms in total. The maximum Gasteiger partial charge on any atom is 0.338 e. The van der Waals surface area contributed by atoms with Crippen LogP contribution in [0.3, 0.4) is 0 Å². The second kappa shape index (κ2) is 19.5. The minimum absolute atomic E-state index is 0. The summed E-state index contributed by atoms with van der Waals surface area (Å²) in [5, 5.41) is 19.8. The molecule has 0 radical (unpaired) electrons. The zero-order valence-corrected chi connectivity index (χ0v) is 31.7. The van der Waals surface area contributed by atoms with Crippen LogP contribution < -0.4 is 11.1 Å². The number of aromatic carboxylic acids is 1. The molecule has 0 saturated carbocycles. The summed E-state index contributed by atoms with van der Waals surface area (Å²) in [4.78, 5) is 54.2. The number of aromatic amines is 3. The van der Waals surface area contributed by atoms with Crippen molar-refractivity contribution in [1.82, 2.24) is 29.9 Å². The second-order valence-electron chi connectivity index (χ2n) is 11.6. The molecule has 4 N–H and O–H groups in total. The molecule has 288 valence electrons. The van der Waals surface area contributed by atoms with E-state index in [1.807, 2.05) is 30.3 Å². The number of aryl methyl sites for hydroxylation is 4. The number of carbonyl (C=O) groups excluding carboxylic acids is 1. The monoisotopic (exact) mass is 832 g/mol. The van der Waals surface area contributed by atoms with Crippen molar-refractivity contribution in [3.8, 4) is 22.5 Å². The molecule has 56 heavy (non-hydrogen) atoms. The predicted octanol–water partition coefficient (Wildman–Crippen LogP) is 8.90. The number of pyridine rings is 2. The number of aromatic nitrogens is 6. The Hall–Kier alpha value is -6.00. The molecule has 0 spiro atoms. The molecule has 0 saturated heterocycles. The average molecular weight is 834 g/mol. The fourth-order valence-corrected chi connectivity index (χ4v) is 7.33. The molecule has 8 aromatic heterocycles. The number of thiophene rings is 2. The third-order valence-electron chi connectivity index (χ3n) is 7.86. The van der Waals surface area contributed by atoms with Gasteiger partial charge in [-0.2, -0.15) is 10.2 Å². The fraction of sp³-hybridized carbons (Fsp3) is 0.128. The number of hydrogen-bond acceptors (Lipinski definition) is 10. The average Bonchev–Trinajstić information content (AvgIpc) is 4.03. The van der Waals surface area contributed by atoms with E-state index in [1.54, 1.807) is 60.1 Å². The lowest BCUT2D eigenvalue weighted by Crippen LogP contribution is -2.16. The molecule has 8 rings (SSSR count). The molecule has 0 unspecified atom stereocenters.